The van der Waals surface area contributed by atoms with Crippen molar-refractivity contribution in [1.82, 2.24) is 9.80 Å². The molecule has 0 aromatic heterocycles. The lowest BCUT2D eigenvalue weighted by molar-refractivity contribution is -0.130. The SMILES string of the molecule is COCCN1CCN(C(C)CCC=C(C)C)CCC1=O. The normalized spacial score (nSPS) is 18.8. The summed E-state index contributed by atoms with van der Waals surface area (Å²) in [5, 5.41) is 0. The van der Waals surface area contributed by atoms with Gasteiger partial charge in [-0.25, -0.2) is 0 Å². The standard InChI is InChI=1S/C16H30N2O2/c1-14(2)6-5-7-15(3)17-9-8-16(19)18(11-10-17)12-13-20-4/h6,15H,5,7-13H2,1-4H3. The molecule has 0 aromatic rings. The molecule has 0 radical (unpaired) electrons. The summed E-state index contributed by atoms with van der Waals surface area (Å²) in [7, 11) is 1.68. The first-order valence-corrected chi connectivity index (χ1v) is 7.68. The van der Waals surface area contributed by atoms with E-state index in [-0.39, 0.29) is 5.91 Å². The zero-order chi connectivity index (χ0) is 15.0. The molecule has 0 aromatic carbocycles. The molecule has 1 rings (SSSR count). The van der Waals surface area contributed by atoms with Crippen molar-refractivity contribution in [3.63, 3.8) is 0 Å². The van der Waals surface area contributed by atoms with Gasteiger partial charge in [0.1, 0.15) is 0 Å². The van der Waals surface area contributed by atoms with E-state index in [9.17, 15) is 4.79 Å². The number of carbonyl (C=O) groups excluding carboxylic acids is 1. The molecule has 1 amide bonds. The molecule has 1 unspecified atom stereocenters. The van der Waals surface area contributed by atoms with Gasteiger partial charge in [-0.1, -0.05) is 11.6 Å². The van der Waals surface area contributed by atoms with Gasteiger partial charge in [0.2, 0.25) is 5.91 Å². The predicted octanol–water partition coefficient (Wildman–Crippen LogP) is 2.30. The highest BCUT2D eigenvalue weighted by atomic mass is 16.5. The van der Waals surface area contributed by atoms with Crippen LogP contribution in [0.2, 0.25) is 0 Å². The fraction of sp³-hybridized carbons (Fsp3) is 0.812. The third kappa shape index (κ3) is 6.06. The Morgan fingerprint density at radius 1 is 1.35 bits per heavy atom. The average molecular weight is 282 g/mol. The summed E-state index contributed by atoms with van der Waals surface area (Å²) >= 11 is 0. The summed E-state index contributed by atoms with van der Waals surface area (Å²) in [6.07, 6.45) is 5.22. The van der Waals surface area contributed by atoms with Gasteiger partial charge in [-0.3, -0.25) is 9.69 Å². The van der Waals surface area contributed by atoms with Crippen LogP contribution in [0.1, 0.15) is 40.0 Å². The van der Waals surface area contributed by atoms with Gasteiger partial charge < -0.3 is 9.64 Å². The van der Waals surface area contributed by atoms with Gasteiger partial charge in [0.05, 0.1) is 6.61 Å². The molecule has 1 saturated heterocycles. The molecule has 1 fully saturated rings. The van der Waals surface area contributed by atoms with Crippen LogP contribution in [-0.4, -0.2) is 61.6 Å². The third-order valence-electron chi connectivity index (χ3n) is 3.95. The first kappa shape index (κ1) is 17.2. The van der Waals surface area contributed by atoms with E-state index in [0.717, 1.165) is 39.0 Å². The molecule has 0 bridgehead atoms. The van der Waals surface area contributed by atoms with Crippen molar-refractivity contribution in [2.24, 2.45) is 0 Å². The topological polar surface area (TPSA) is 32.8 Å². The quantitative estimate of drug-likeness (QED) is 0.672. The van der Waals surface area contributed by atoms with Gasteiger partial charge in [-0.05, 0) is 33.6 Å². The molecule has 0 saturated carbocycles. The number of amides is 1. The first-order valence-electron chi connectivity index (χ1n) is 7.68. The number of nitrogens with zero attached hydrogens (tertiary/aromatic N) is 2. The second kappa shape index (κ2) is 9.14. The third-order valence-corrected chi connectivity index (χ3v) is 3.95. The molecule has 4 nitrogen and oxygen atoms in total. The average Bonchev–Trinajstić information content (AvgIpc) is 2.58. The Bertz CT molecular complexity index is 324. The lowest BCUT2D eigenvalue weighted by Crippen LogP contribution is -2.38. The summed E-state index contributed by atoms with van der Waals surface area (Å²) in [4.78, 5) is 16.4. The molecular formula is C16H30N2O2. The molecule has 0 spiro atoms. The van der Waals surface area contributed by atoms with Gasteiger partial charge in [0.15, 0.2) is 0 Å². The molecule has 1 aliphatic rings. The van der Waals surface area contributed by atoms with E-state index in [2.05, 4.69) is 31.7 Å². The van der Waals surface area contributed by atoms with E-state index in [0.29, 0.717) is 19.1 Å². The fourth-order valence-electron chi connectivity index (χ4n) is 2.56. The zero-order valence-electron chi connectivity index (χ0n) is 13.5. The Kier molecular flexibility index (Phi) is 7.85. The van der Waals surface area contributed by atoms with E-state index < -0.39 is 0 Å². The summed E-state index contributed by atoms with van der Waals surface area (Å²) < 4.78 is 5.07. The van der Waals surface area contributed by atoms with Crippen molar-refractivity contribution < 1.29 is 9.53 Å². The number of hydrogen-bond donors (Lipinski definition) is 0. The van der Waals surface area contributed by atoms with Crippen LogP contribution in [0, 0.1) is 0 Å². The number of hydrogen-bond acceptors (Lipinski definition) is 3. The molecule has 1 heterocycles. The Morgan fingerprint density at radius 3 is 2.75 bits per heavy atom. The van der Waals surface area contributed by atoms with Crippen molar-refractivity contribution in [1.29, 1.82) is 0 Å². The van der Waals surface area contributed by atoms with Gasteiger partial charge >= 0.3 is 0 Å². The smallest absolute Gasteiger partial charge is 0.223 e. The molecule has 20 heavy (non-hydrogen) atoms. The predicted molar refractivity (Wildman–Crippen MR) is 82.8 cm³/mol. The summed E-state index contributed by atoms with van der Waals surface area (Å²) in [5.41, 5.74) is 1.38. The fourth-order valence-corrected chi connectivity index (χ4v) is 2.56. The van der Waals surface area contributed by atoms with Gasteiger partial charge in [-0.2, -0.15) is 0 Å². The van der Waals surface area contributed by atoms with Crippen LogP contribution in [0.3, 0.4) is 0 Å². The summed E-state index contributed by atoms with van der Waals surface area (Å²) in [6, 6.07) is 0.542. The molecule has 0 aliphatic carbocycles. The Labute approximate surface area is 123 Å². The van der Waals surface area contributed by atoms with Crippen LogP contribution in [-0.2, 0) is 9.53 Å². The van der Waals surface area contributed by atoms with E-state index in [4.69, 9.17) is 4.74 Å². The van der Waals surface area contributed by atoms with E-state index >= 15 is 0 Å². The minimum atomic E-state index is 0.265. The molecule has 1 aliphatic heterocycles. The second-order valence-electron chi connectivity index (χ2n) is 5.87. The minimum absolute atomic E-state index is 0.265. The van der Waals surface area contributed by atoms with Crippen LogP contribution < -0.4 is 0 Å². The molecule has 1 atom stereocenters. The molecule has 0 N–H and O–H groups in total. The lowest BCUT2D eigenvalue weighted by atomic mass is 10.1. The molecule has 116 valence electrons. The maximum Gasteiger partial charge on any atom is 0.223 e. The van der Waals surface area contributed by atoms with Crippen molar-refractivity contribution in [2.75, 3.05) is 39.9 Å². The van der Waals surface area contributed by atoms with Crippen LogP contribution in [0.15, 0.2) is 11.6 Å². The summed E-state index contributed by atoms with van der Waals surface area (Å²) in [6.45, 7) is 10.6. The molecule has 4 heteroatoms. The Morgan fingerprint density at radius 2 is 2.10 bits per heavy atom. The van der Waals surface area contributed by atoms with Crippen LogP contribution in [0.5, 0.6) is 0 Å². The van der Waals surface area contributed by atoms with Gasteiger partial charge in [-0.15, -0.1) is 0 Å². The minimum Gasteiger partial charge on any atom is -0.383 e. The van der Waals surface area contributed by atoms with Crippen LogP contribution >= 0.6 is 0 Å². The van der Waals surface area contributed by atoms with Gasteiger partial charge in [0.25, 0.3) is 0 Å². The van der Waals surface area contributed by atoms with Crippen LogP contribution in [0.4, 0.5) is 0 Å². The number of ether oxygens (including phenoxy) is 1. The molecular weight excluding hydrogens is 252 g/mol. The van der Waals surface area contributed by atoms with Crippen molar-refractivity contribution in [3.8, 4) is 0 Å². The zero-order valence-corrected chi connectivity index (χ0v) is 13.5. The summed E-state index contributed by atoms with van der Waals surface area (Å²) in [5.74, 6) is 0.265. The Hall–Kier alpha value is -0.870. The highest BCUT2D eigenvalue weighted by Crippen LogP contribution is 2.12. The number of carbonyl (C=O) groups is 1. The largest absolute Gasteiger partial charge is 0.383 e. The maximum atomic E-state index is 12.0. The first-order chi connectivity index (χ1) is 9.54. The van der Waals surface area contributed by atoms with Crippen LogP contribution in [0.25, 0.3) is 0 Å². The maximum absolute atomic E-state index is 12.0. The van der Waals surface area contributed by atoms with E-state index in [1.807, 2.05) is 4.90 Å². The lowest BCUT2D eigenvalue weighted by Gasteiger charge is -2.27. The number of allylic oxidation sites excluding steroid dienone is 2. The van der Waals surface area contributed by atoms with E-state index in [1.165, 1.54) is 5.57 Å². The number of methoxy groups -OCH3 is 1. The van der Waals surface area contributed by atoms with Gasteiger partial charge in [0, 0.05) is 45.8 Å². The van der Waals surface area contributed by atoms with Crippen molar-refractivity contribution in [2.45, 2.75) is 46.1 Å². The second-order valence-corrected chi connectivity index (χ2v) is 5.87. The monoisotopic (exact) mass is 282 g/mol. The Balaban J connectivity index is 2.41. The number of rotatable bonds is 7. The highest BCUT2D eigenvalue weighted by Gasteiger charge is 2.22. The van der Waals surface area contributed by atoms with E-state index in [1.54, 1.807) is 7.11 Å². The van der Waals surface area contributed by atoms with Crippen molar-refractivity contribution in [3.05, 3.63) is 11.6 Å². The highest BCUT2D eigenvalue weighted by molar-refractivity contribution is 5.76. The van der Waals surface area contributed by atoms with Crippen molar-refractivity contribution >= 4 is 5.91 Å².